The number of allylic oxidation sites excluding steroid dienone is 6. The first-order valence-corrected chi connectivity index (χ1v) is 6.06. The first-order chi connectivity index (χ1) is 9.24. The van der Waals surface area contributed by atoms with Gasteiger partial charge in [-0.1, -0.05) is 6.08 Å². The molecule has 0 saturated heterocycles. The number of aromatic hydroxyl groups is 1. The molecule has 1 saturated carbocycles. The fraction of sp³-hybridized carbons (Fsp3) is 0.0667. The number of carbonyl (C=O) groups excluding carboxylic acids is 1. The van der Waals surface area contributed by atoms with E-state index in [1.807, 2.05) is 12.2 Å². The number of rotatable bonds is 2. The van der Waals surface area contributed by atoms with Crippen LogP contribution >= 0.6 is 0 Å². The maximum absolute atomic E-state index is 12.2. The second kappa shape index (κ2) is 3.45. The molecule has 2 N–H and O–H groups in total. The van der Waals surface area contributed by atoms with Gasteiger partial charge in [-0.15, -0.1) is 0 Å². The van der Waals surface area contributed by atoms with Gasteiger partial charge in [-0.3, -0.25) is 4.79 Å². The molecule has 4 rings (SSSR count). The van der Waals surface area contributed by atoms with Crippen LogP contribution in [0.2, 0.25) is 0 Å². The lowest BCUT2D eigenvalue weighted by atomic mass is 10.1. The maximum Gasteiger partial charge on any atom is 0.257 e. The average molecular weight is 250 g/mol. The van der Waals surface area contributed by atoms with Gasteiger partial charge < -0.3 is 10.4 Å². The molecule has 1 fully saturated rings. The number of anilines is 1. The minimum atomic E-state index is -0.242. The fourth-order valence-corrected chi connectivity index (χ4v) is 2.50. The van der Waals surface area contributed by atoms with Crippen molar-refractivity contribution < 1.29 is 9.90 Å². The Kier molecular flexibility index (Phi) is 1.87. The molecule has 3 aliphatic carbocycles. The van der Waals surface area contributed by atoms with Crippen LogP contribution in [0.3, 0.4) is 0 Å². The predicted octanol–water partition coefficient (Wildman–Crippen LogP) is 2.23. The summed E-state index contributed by atoms with van der Waals surface area (Å²) >= 11 is 0. The Morgan fingerprint density at radius 2 is 2.21 bits per heavy atom. The first kappa shape index (κ1) is 10.3. The summed E-state index contributed by atoms with van der Waals surface area (Å²) in [6.07, 6.45) is 8.45. The van der Waals surface area contributed by atoms with Gasteiger partial charge >= 0.3 is 0 Å². The molecular weight excluding hydrogens is 240 g/mol. The van der Waals surface area contributed by atoms with Gasteiger partial charge in [0.25, 0.3) is 5.91 Å². The van der Waals surface area contributed by atoms with E-state index < -0.39 is 0 Å². The summed E-state index contributed by atoms with van der Waals surface area (Å²) in [5.41, 5.74) is 5.48. The van der Waals surface area contributed by atoms with Crippen LogP contribution < -0.4 is 5.32 Å². The van der Waals surface area contributed by atoms with Crippen molar-refractivity contribution in [3.63, 3.8) is 0 Å². The SMILES string of the molecule is O=C(Nc1ncccc1O)C1=C2C=C3CC3=C2C=C1. The van der Waals surface area contributed by atoms with Gasteiger partial charge in [0, 0.05) is 11.8 Å². The minimum absolute atomic E-state index is 0.0328. The van der Waals surface area contributed by atoms with Gasteiger partial charge in [0.15, 0.2) is 11.6 Å². The van der Waals surface area contributed by atoms with Gasteiger partial charge in [0.2, 0.25) is 0 Å². The predicted molar refractivity (Wildman–Crippen MR) is 70.4 cm³/mol. The highest BCUT2D eigenvalue weighted by molar-refractivity contribution is 6.09. The molecule has 4 heteroatoms. The van der Waals surface area contributed by atoms with E-state index in [1.54, 1.807) is 6.07 Å². The van der Waals surface area contributed by atoms with Crippen molar-refractivity contribution in [1.82, 2.24) is 4.98 Å². The zero-order valence-corrected chi connectivity index (χ0v) is 9.97. The Morgan fingerprint density at radius 1 is 1.32 bits per heavy atom. The van der Waals surface area contributed by atoms with Gasteiger partial charge in [-0.2, -0.15) is 0 Å². The van der Waals surface area contributed by atoms with Crippen LogP contribution in [0, 0.1) is 0 Å². The first-order valence-electron chi connectivity index (χ1n) is 6.06. The Hall–Kier alpha value is -2.62. The molecule has 1 aromatic heterocycles. The van der Waals surface area contributed by atoms with Gasteiger partial charge in [0.1, 0.15) is 0 Å². The lowest BCUT2D eigenvalue weighted by Gasteiger charge is -2.06. The van der Waals surface area contributed by atoms with Crippen LogP contribution in [0.15, 0.2) is 64.4 Å². The maximum atomic E-state index is 12.2. The molecule has 0 aromatic carbocycles. The van der Waals surface area contributed by atoms with Crippen molar-refractivity contribution in [2.24, 2.45) is 0 Å². The third-order valence-corrected chi connectivity index (χ3v) is 3.53. The number of carbonyl (C=O) groups is 1. The fourth-order valence-electron chi connectivity index (χ4n) is 2.50. The minimum Gasteiger partial charge on any atom is -0.504 e. The topological polar surface area (TPSA) is 62.2 Å². The number of amides is 1. The molecule has 0 aliphatic heterocycles. The Labute approximate surface area is 109 Å². The van der Waals surface area contributed by atoms with Crippen LogP contribution in [0.25, 0.3) is 0 Å². The highest BCUT2D eigenvalue weighted by Gasteiger charge is 2.35. The molecule has 0 bridgehead atoms. The van der Waals surface area contributed by atoms with Crippen molar-refractivity contribution in [3.05, 3.63) is 64.4 Å². The van der Waals surface area contributed by atoms with E-state index in [-0.39, 0.29) is 17.5 Å². The highest BCUT2D eigenvalue weighted by atomic mass is 16.3. The second-order valence-electron chi connectivity index (χ2n) is 4.72. The van der Waals surface area contributed by atoms with Crippen LogP contribution in [0.1, 0.15) is 6.42 Å². The monoisotopic (exact) mass is 250 g/mol. The van der Waals surface area contributed by atoms with E-state index in [0.29, 0.717) is 5.57 Å². The average Bonchev–Trinajstić information content (AvgIpc) is 2.89. The summed E-state index contributed by atoms with van der Waals surface area (Å²) in [6.45, 7) is 0. The normalized spacial score (nSPS) is 18.4. The number of hydrogen-bond acceptors (Lipinski definition) is 3. The summed E-state index contributed by atoms with van der Waals surface area (Å²) < 4.78 is 0. The quantitative estimate of drug-likeness (QED) is 0.846. The smallest absolute Gasteiger partial charge is 0.257 e. The summed E-state index contributed by atoms with van der Waals surface area (Å²) in [7, 11) is 0. The standard InChI is InChI=1S/C15H10N2O2/c18-13-2-1-5-16-14(13)17-15(19)10-4-3-9-11-6-8(11)7-12(9)10/h1-5,7,18H,6H2,(H,16,17,19). The Morgan fingerprint density at radius 3 is 3.05 bits per heavy atom. The number of nitrogens with one attached hydrogen (secondary N) is 1. The molecule has 1 heterocycles. The molecule has 19 heavy (non-hydrogen) atoms. The number of fused-ring (bicyclic) bond motifs is 2. The summed E-state index contributed by atoms with van der Waals surface area (Å²) in [5.74, 6) is -0.0884. The van der Waals surface area contributed by atoms with Gasteiger partial charge in [-0.25, -0.2) is 4.98 Å². The molecule has 3 aliphatic rings. The van der Waals surface area contributed by atoms with Crippen molar-refractivity contribution >= 4 is 11.7 Å². The van der Waals surface area contributed by atoms with Gasteiger partial charge in [-0.05, 0) is 53.0 Å². The van der Waals surface area contributed by atoms with Crippen molar-refractivity contribution in [1.29, 1.82) is 0 Å². The third kappa shape index (κ3) is 1.46. The number of hydrogen-bond donors (Lipinski definition) is 2. The Balaban J connectivity index is 1.65. The lowest BCUT2D eigenvalue weighted by molar-refractivity contribution is -0.112. The molecule has 1 amide bonds. The van der Waals surface area contributed by atoms with Crippen LogP contribution in [-0.4, -0.2) is 16.0 Å². The van der Waals surface area contributed by atoms with Crippen LogP contribution in [0.5, 0.6) is 5.75 Å². The van der Waals surface area contributed by atoms with E-state index in [9.17, 15) is 9.90 Å². The van der Waals surface area contributed by atoms with Crippen molar-refractivity contribution in [3.8, 4) is 5.75 Å². The van der Waals surface area contributed by atoms with E-state index in [4.69, 9.17) is 0 Å². The van der Waals surface area contributed by atoms with Crippen LogP contribution in [-0.2, 0) is 4.79 Å². The molecule has 92 valence electrons. The number of aromatic nitrogens is 1. The molecular formula is C15H10N2O2. The lowest BCUT2D eigenvalue weighted by Crippen LogP contribution is -2.14. The summed E-state index contributed by atoms with van der Waals surface area (Å²) in [4.78, 5) is 16.2. The second-order valence-corrected chi connectivity index (χ2v) is 4.72. The molecule has 0 unspecified atom stereocenters. The molecule has 0 atom stereocenters. The van der Waals surface area contributed by atoms with Crippen molar-refractivity contribution in [2.75, 3.05) is 5.32 Å². The van der Waals surface area contributed by atoms with Crippen molar-refractivity contribution in [2.45, 2.75) is 6.42 Å². The molecule has 1 aromatic rings. The molecule has 0 spiro atoms. The molecule has 0 radical (unpaired) electrons. The molecule has 4 nitrogen and oxygen atoms in total. The summed E-state index contributed by atoms with van der Waals surface area (Å²) in [6, 6.07) is 3.10. The van der Waals surface area contributed by atoms with E-state index in [0.717, 1.165) is 12.0 Å². The zero-order valence-electron chi connectivity index (χ0n) is 9.97. The Bertz CT molecular complexity index is 751. The number of nitrogens with zero attached hydrogens (tertiary/aromatic N) is 1. The third-order valence-electron chi connectivity index (χ3n) is 3.53. The van der Waals surface area contributed by atoms with E-state index >= 15 is 0 Å². The van der Waals surface area contributed by atoms with Crippen LogP contribution in [0.4, 0.5) is 5.82 Å². The highest BCUT2D eigenvalue weighted by Crippen LogP contribution is 2.51. The largest absolute Gasteiger partial charge is 0.504 e. The van der Waals surface area contributed by atoms with E-state index in [1.165, 1.54) is 29.0 Å². The number of pyridine rings is 1. The van der Waals surface area contributed by atoms with Gasteiger partial charge in [0.05, 0.1) is 0 Å². The zero-order chi connectivity index (χ0) is 13.0. The summed E-state index contributed by atoms with van der Waals surface area (Å²) in [5, 5.41) is 12.2. The van der Waals surface area contributed by atoms with E-state index in [2.05, 4.69) is 16.4 Å².